The Balaban J connectivity index is 1.76. The summed E-state index contributed by atoms with van der Waals surface area (Å²) in [6.45, 7) is 3.92. The number of fused-ring (bicyclic) bond motifs is 1. The monoisotopic (exact) mass is 459 g/mol. The molecule has 1 atom stereocenters. The highest BCUT2D eigenvalue weighted by atomic mass is 19.4. The number of anilines is 2. The number of alkyl halides is 3. The SMILES string of the molecule is CC(C)c1cnnc(Nc2ccc3ncc(C(C=NCCC(O)C(F)(F)F)=CN)cc3n2)c1. The van der Waals surface area contributed by atoms with E-state index in [4.69, 9.17) is 10.8 Å². The minimum absolute atomic E-state index is 0.207. The van der Waals surface area contributed by atoms with Gasteiger partial charge in [-0.05, 0) is 35.7 Å². The van der Waals surface area contributed by atoms with Crippen LogP contribution < -0.4 is 11.1 Å². The predicted molar refractivity (Wildman–Crippen MR) is 121 cm³/mol. The van der Waals surface area contributed by atoms with E-state index in [0.29, 0.717) is 39.7 Å². The Kier molecular flexibility index (Phi) is 7.54. The molecule has 1 unspecified atom stereocenters. The highest BCUT2D eigenvalue weighted by Crippen LogP contribution is 2.23. The maximum Gasteiger partial charge on any atom is 0.414 e. The second-order valence-electron chi connectivity index (χ2n) is 7.62. The standard InChI is InChI=1S/C22H24F3N7O/c1-13(2)14-8-21(32-29-12-14)31-20-4-3-17-18(30-20)7-15(11-28-17)16(9-26)10-27-6-5-19(33)22(23,24)25/h3-4,7-13,19,33H,5-6,26H2,1-2H3,(H,30,31,32). The van der Waals surface area contributed by atoms with E-state index in [1.54, 1.807) is 30.6 Å². The van der Waals surface area contributed by atoms with Crippen LogP contribution in [0.3, 0.4) is 0 Å². The first-order chi connectivity index (χ1) is 15.7. The van der Waals surface area contributed by atoms with Crippen molar-refractivity contribution in [1.82, 2.24) is 20.2 Å². The molecule has 0 fully saturated rings. The lowest BCUT2D eigenvalue weighted by Crippen LogP contribution is -2.29. The third-order valence-electron chi connectivity index (χ3n) is 4.79. The molecule has 3 aromatic heterocycles. The summed E-state index contributed by atoms with van der Waals surface area (Å²) in [6.07, 6.45) is -1.70. The first-order valence-electron chi connectivity index (χ1n) is 10.2. The minimum Gasteiger partial charge on any atom is -0.404 e. The molecule has 0 saturated heterocycles. The number of aliphatic imine (C=N–C) groups is 1. The highest BCUT2D eigenvalue weighted by Gasteiger charge is 2.37. The van der Waals surface area contributed by atoms with E-state index in [0.717, 1.165) is 5.56 Å². The second-order valence-corrected chi connectivity index (χ2v) is 7.62. The fourth-order valence-corrected chi connectivity index (χ4v) is 2.86. The van der Waals surface area contributed by atoms with Crippen LogP contribution in [0.15, 0.2) is 47.9 Å². The first-order valence-corrected chi connectivity index (χ1v) is 10.2. The number of aromatic nitrogens is 4. The van der Waals surface area contributed by atoms with E-state index >= 15 is 0 Å². The summed E-state index contributed by atoms with van der Waals surface area (Å²) in [4.78, 5) is 12.9. The molecule has 3 heterocycles. The van der Waals surface area contributed by atoms with Crippen molar-refractivity contribution in [3.05, 3.63) is 54.0 Å². The molecule has 0 aromatic carbocycles. The van der Waals surface area contributed by atoms with Gasteiger partial charge in [-0.1, -0.05) is 13.8 Å². The zero-order valence-corrected chi connectivity index (χ0v) is 18.1. The average molecular weight is 459 g/mol. The van der Waals surface area contributed by atoms with Gasteiger partial charge in [0.1, 0.15) is 5.82 Å². The molecule has 33 heavy (non-hydrogen) atoms. The van der Waals surface area contributed by atoms with Crippen molar-refractivity contribution in [3.8, 4) is 0 Å². The quantitative estimate of drug-likeness (QED) is 0.436. The predicted octanol–water partition coefficient (Wildman–Crippen LogP) is 3.97. The molecule has 3 aromatic rings. The Bertz CT molecular complexity index is 1160. The summed E-state index contributed by atoms with van der Waals surface area (Å²) in [5.41, 5.74) is 8.99. The number of allylic oxidation sites excluding steroid dienone is 1. The number of hydrogen-bond donors (Lipinski definition) is 3. The Labute approximate surface area is 188 Å². The van der Waals surface area contributed by atoms with Gasteiger partial charge in [-0.3, -0.25) is 9.98 Å². The molecule has 11 heteroatoms. The van der Waals surface area contributed by atoms with Crippen molar-refractivity contribution in [2.24, 2.45) is 10.7 Å². The van der Waals surface area contributed by atoms with Crippen LogP contribution in [0.1, 0.15) is 37.3 Å². The van der Waals surface area contributed by atoms with Gasteiger partial charge in [0, 0.05) is 42.7 Å². The van der Waals surface area contributed by atoms with Gasteiger partial charge in [0.2, 0.25) is 0 Å². The number of hydrogen-bond acceptors (Lipinski definition) is 8. The molecule has 0 saturated carbocycles. The van der Waals surface area contributed by atoms with Crippen LogP contribution in [0.2, 0.25) is 0 Å². The molecule has 3 rings (SSSR count). The summed E-state index contributed by atoms with van der Waals surface area (Å²) in [5, 5.41) is 20.3. The maximum absolute atomic E-state index is 12.4. The van der Waals surface area contributed by atoms with E-state index in [1.807, 2.05) is 6.07 Å². The van der Waals surface area contributed by atoms with Gasteiger partial charge in [0.15, 0.2) is 11.9 Å². The molecule has 4 N–H and O–H groups in total. The Morgan fingerprint density at radius 3 is 2.67 bits per heavy atom. The number of aliphatic hydroxyl groups excluding tert-OH is 1. The maximum atomic E-state index is 12.4. The van der Waals surface area contributed by atoms with Gasteiger partial charge >= 0.3 is 6.18 Å². The molecule has 0 bridgehead atoms. The van der Waals surface area contributed by atoms with Crippen LogP contribution in [0.5, 0.6) is 0 Å². The van der Waals surface area contributed by atoms with Crippen LogP contribution >= 0.6 is 0 Å². The smallest absolute Gasteiger partial charge is 0.404 e. The largest absolute Gasteiger partial charge is 0.414 e. The zero-order valence-electron chi connectivity index (χ0n) is 18.1. The van der Waals surface area contributed by atoms with Crippen LogP contribution in [-0.4, -0.2) is 50.3 Å². The average Bonchev–Trinajstić information content (AvgIpc) is 2.78. The van der Waals surface area contributed by atoms with Gasteiger partial charge in [-0.15, -0.1) is 5.10 Å². The molecule has 174 valence electrons. The Hall–Kier alpha value is -3.60. The molecule has 0 aliphatic heterocycles. The van der Waals surface area contributed by atoms with Gasteiger partial charge in [-0.2, -0.15) is 18.3 Å². The normalized spacial score (nSPS) is 13.7. The van der Waals surface area contributed by atoms with Crippen molar-refractivity contribution in [1.29, 1.82) is 0 Å². The van der Waals surface area contributed by atoms with Gasteiger partial charge in [-0.25, -0.2) is 4.98 Å². The summed E-state index contributed by atoms with van der Waals surface area (Å²) >= 11 is 0. The fraction of sp³-hybridized carbons (Fsp3) is 0.318. The second kappa shape index (κ2) is 10.3. The van der Waals surface area contributed by atoms with Crippen LogP contribution in [0, 0.1) is 0 Å². The number of aliphatic hydroxyl groups is 1. The summed E-state index contributed by atoms with van der Waals surface area (Å²) < 4.78 is 37.1. The van der Waals surface area contributed by atoms with Crippen molar-refractivity contribution >= 4 is 34.5 Å². The lowest BCUT2D eigenvalue weighted by molar-refractivity contribution is -0.204. The summed E-state index contributed by atoms with van der Waals surface area (Å²) in [5.74, 6) is 1.41. The lowest BCUT2D eigenvalue weighted by atomic mass is 10.1. The van der Waals surface area contributed by atoms with Crippen molar-refractivity contribution in [3.63, 3.8) is 0 Å². The number of pyridine rings is 2. The van der Waals surface area contributed by atoms with Crippen LogP contribution in [0.4, 0.5) is 24.8 Å². The summed E-state index contributed by atoms with van der Waals surface area (Å²) in [7, 11) is 0. The number of nitrogens with one attached hydrogen (secondary N) is 1. The molecule has 0 aliphatic rings. The van der Waals surface area contributed by atoms with Gasteiger partial charge in [0.25, 0.3) is 0 Å². The van der Waals surface area contributed by atoms with Crippen molar-refractivity contribution in [2.75, 3.05) is 11.9 Å². The summed E-state index contributed by atoms with van der Waals surface area (Å²) in [6, 6.07) is 7.22. The van der Waals surface area contributed by atoms with Gasteiger partial charge < -0.3 is 16.2 Å². The van der Waals surface area contributed by atoms with E-state index < -0.39 is 18.7 Å². The van der Waals surface area contributed by atoms with E-state index in [9.17, 15) is 13.2 Å². The Morgan fingerprint density at radius 1 is 1.18 bits per heavy atom. The molecule has 8 nitrogen and oxygen atoms in total. The molecular formula is C22H24F3N7O. The van der Waals surface area contributed by atoms with Crippen LogP contribution in [0.25, 0.3) is 16.6 Å². The lowest BCUT2D eigenvalue weighted by Gasteiger charge is -2.12. The van der Waals surface area contributed by atoms with Gasteiger partial charge in [0.05, 0.1) is 17.2 Å². The van der Waals surface area contributed by atoms with E-state index in [1.165, 1.54) is 12.4 Å². The molecular weight excluding hydrogens is 435 g/mol. The number of rotatable bonds is 8. The first kappa shape index (κ1) is 24.1. The van der Waals surface area contributed by atoms with E-state index in [-0.39, 0.29) is 6.54 Å². The molecule has 0 spiro atoms. The van der Waals surface area contributed by atoms with Crippen molar-refractivity contribution < 1.29 is 18.3 Å². The Morgan fingerprint density at radius 2 is 1.97 bits per heavy atom. The zero-order chi connectivity index (χ0) is 24.0. The van der Waals surface area contributed by atoms with Crippen LogP contribution in [-0.2, 0) is 0 Å². The van der Waals surface area contributed by atoms with E-state index in [2.05, 4.69) is 44.3 Å². The fourth-order valence-electron chi connectivity index (χ4n) is 2.86. The number of nitrogens with zero attached hydrogens (tertiary/aromatic N) is 5. The molecule has 0 amide bonds. The third kappa shape index (κ3) is 6.45. The number of halogens is 3. The minimum atomic E-state index is -4.66. The highest BCUT2D eigenvalue weighted by molar-refractivity contribution is 6.10. The third-order valence-corrected chi connectivity index (χ3v) is 4.79. The number of nitrogens with two attached hydrogens (primary N) is 1. The van der Waals surface area contributed by atoms with Crippen molar-refractivity contribution in [2.45, 2.75) is 38.5 Å². The molecule has 0 aliphatic carbocycles. The topological polar surface area (TPSA) is 122 Å². The molecule has 0 radical (unpaired) electrons.